The monoisotopic (exact) mass is 347 g/mol. The molecule has 2 nitrogen and oxygen atoms in total. The molecule has 20 heavy (non-hydrogen) atoms. The number of halogens is 2. The molecule has 0 amide bonds. The van der Waals surface area contributed by atoms with Gasteiger partial charge in [0.05, 0.1) is 5.52 Å². The van der Waals surface area contributed by atoms with Crippen LogP contribution in [-0.2, 0) is 0 Å². The number of aliphatic hydroxyl groups is 1. The molecule has 0 saturated carbocycles. The highest BCUT2D eigenvalue weighted by atomic mass is 79.9. The molecule has 0 saturated heterocycles. The zero-order valence-corrected chi connectivity index (χ0v) is 12.8. The number of hydrogen-bond acceptors (Lipinski definition) is 2. The van der Waals surface area contributed by atoms with Crippen molar-refractivity contribution in [3.05, 3.63) is 75.4 Å². The molecule has 0 fully saturated rings. The van der Waals surface area contributed by atoms with Gasteiger partial charge in [-0.05, 0) is 18.2 Å². The van der Waals surface area contributed by atoms with Crippen LogP contribution in [0, 0.1) is 0 Å². The van der Waals surface area contributed by atoms with E-state index in [4.69, 9.17) is 11.6 Å². The van der Waals surface area contributed by atoms with E-state index < -0.39 is 6.10 Å². The van der Waals surface area contributed by atoms with E-state index in [0.29, 0.717) is 10.6 Å². The molecule has 0 radical (unpaired) electrons. The number of benzene rings is 2. The van der Waals surface area contributed by atoms with Crippen LogP contribution in [0.15, 0.2) is 59.2 Å². The Kier molecular flexibility index (Phi) is 3.74. The lowest BCUT2D eigenvalue weighted by Crippen LogP contribution is -2.02. The maximum absolute atomic E-state index is 10.6. The van der Waals surface area contributed by atoms with Crippen molar-refractivity contribution in [2.45, 2.75) is 6.10 Å². The van der Waals surface area contributed by atoms with E-state index in [0.717, 1.165) is 20.9 Å². The molecule has 0 aliphatic carbocycles. The normalized spacial score (nSPS) is 12.6. The van der Waals surface area contributed by atoms with Gasteiger partial charge in [0.15, 0.2) is 0 Å². The second-order valence-electron chi connectivity index (χ2n) is 4.46. The molecule has 1 atom stereocenters. The summed E-state index contributed by atoms with van der Waals surface area (Å²) < 4.78 is 0.954. The van der Waals surface area contributed by atoms with Gasteiger partial charge in [-0.15, -0.1) is 0 Å². The van der Waals surface area contributed by atoms with Crippen LogP contribution < -0.4 is 0 Å². The van der Waals surface area contributed by atoms with E-state index in [2.05, 4.69) is 20.9 Å². The quantitative estimate of drug-likeness (QED) is 0.726. The first-order valence-electron chi connectivity index (χ1n) is 6.14. The standard InChI is InChI=1S/C16H11BrClNO/c17-13-8-7-12(15-10(13)5-3-9-19-15)16(20)11-4-1-2-6-14(11)18/h1-9,16,20H. The minimum absolute atomic E-state index is 0.548. The Hall–Kier alpha value is -1.42. The smallest absolute Gasteiger partial charge is 0.108 e. The summed E-state index contributed by atoms with van der Waals surface area (Å²) in [6.45, 7) is 0. The Morgan fingerprint density at radius 1 is 1.00 bits per heavy atom. The van der Waals surface area contributed by atoms with Crippen molar-refractivity contribution in [2.24, 2.45) is 0 Å². The Bertz CT molecular complexity index is 775. The lowest BCUT2D eigenvalue weighted by molar-refractivity contribution is 0.222. The number of aliphatic hydroxyl groups excluding tert-OH is 1. The minimum Gasteiger partial charge on any atom is -0.384 e. The molecular weight excluding hydrogens is 338 g/mol. The zero-order chi connectivity index (χ0) is 14.1. The number of aromatic nitrogens is 1. The van der Waals surface area contributed by atoms with Crippen molar-refractivity contribution >= 4 is 38.4 Å². The molecule has 3 aromatic rings. The highest BCUT2D eigenvalue weighted by Gasteiger charge is 2.17. The van der Waals surface area contributed by atoms with Crippen LogP contribution in [0.1, 0.15) is 17.2 Å². The topological polar surface area (TPSA) is 33.1 Å². The summed E-state index contributed by atoms with van der Waals surface area (Å²) in [5, 5.41) is 12.1. The molecule has 100 valence electrons. The SMILES string of the molecule is OC(c1ccccc1Cl)c1ccc(Br)c2cccnc12. The van der Waals surface area contributed by atoms with E-state index in [-0.39, 0.29) is 0 Å². The van der Waals surface area contributed by atoms with Gasteiger partial charge in [0.1, 0.15) is 6.10 Å². The lowest BCUT2D eigenvalue weighted by atomic mass is 9.99. The summed E-state index contributed by atoms with van der Waals surface area (Å²) >= 11 is 9.66. The van der Waals surface area contributed by atoms with Crippen LogP contribution in [0.4, 0.5) is 0 Å². The van der Waals surface area contributed by atoms with Crippen LogP contribution in [0.5, 0.6) is 0 Å². The Labute approximate surface area is 130 Å². The van der Waals surface area contributed by atoms with Gasteiger partial charge in [-0.3, -0.25) is 4.98 Å². The van der Waals surface area contributed by atoms with Gasteiger partial charge in [0.2, 0.25) is 0 Å². The highest BCUT2D eigenvalue weighted by Crippen LogP contribution is 2.34. The summed E-state index contributed by atoms with van der Waals surface area (Å²) in [4.78, 5) is 4.39. The second kappa shape index (κ2) is 5.52. The molecule has 2 aromatic carbocycles. The van der Waals surface area contributed by atoms with Crippen LogP contribution in [-0.4, -0.2) is 10.1 Å². The molecule has 0 aliphatic rings. The number of rotatable bonds is 2. The van der Waals surface area contributed by atoms with Crippen LogP contribution in [0.3, 0.4) is 0 Å². The number of pyridine rings is 1. The van der Waals surface area contributed by atoms with Crippen molar-refractivity contribution in [3.8, 4) is 0 Å². The molecule has 1 heterocycles. The molecule has 0 bridgehead atoms. The summed E-state index contributed by atoms with van der Waals surface area (Å²) in [5.41, 5.74) is 2.20. The molecule has 1 aromatic heterocycles. The van der Waals surface area contributed by atoms with E-state index >= 15 is 0 Å². The fourth-order valence-electron chi connectivity index (χ4n) is 2.24. The number of nitrogens with zero attached hydrogens (tertiary/aromatic N) is 1. The largest absolute Gasteiger partial charge is 0.384 e. The van der Waals surface area contributed by atoms with Crippen LogP contribution in [0.25, 0.3) is 10.9 Å². The Morgan fingerprint density at radius 2 is 1.80 bits per heavy atom. The zero-order valence-electron chi connectivity index (χ0n) is 10.4. The van der Waals surface area contributed by atoms with Crippen molar-refractivity contribution in [1.82, 2.24) is 4.98 Å². The highest BCUT2D eigenvalue weighted by molar-refractivity contribution is 9.10. The molecule has 0 aliphatic heterocycles. The maximum atomic E-state index is 10.6. The first-order valence-corrected chi connectivity index (χ1v) is 7.31. The predicted molar refractivity (Wildman–Crippen MR) is 85.0 cm³/mol. The van der Waals surface area contributed by atoms with Crippen molar-refractivity contribution in [1.29, 1.82) is 0 Å². The number of fused-ring (bicyclic) bond motifs is 1. The van der Waals surface area contributed by atoms with Crippen molar-refractivity contribution in [2.75, 3.05) is 0 Å². The van der Waals surface area contributed by atoms with Gasteiger partial charge >= 0.3 is 0 Å². The average Bonchev–Trinajstić information content (AvgIpc) is 2.48. The van der Waals surface area contributed by atoms with Crippen LogP contribution in [0.2, 0.25) is 5.02 Å². The summed E-state index contributed by atoms with van der Waals surface area (Å²) in [5.74, 6) is 0. The summed E-state index contributed by atoms with van der Waals surface area (Å²) in [6.07, 6.45) is 0.923. The van der Waals surface area contributed by atoms with Gasteiger partial charge in [-0.1, -0.05) is 57.9 Å². The third kappa shape index (κ3) is 2.33. The first kappa shape index (κ1) is 13.6. The van der Waals surface area contributed by atoms with Gasteiger partial charge in [0, 0.05) is 32.2 Å². The third-order valence-corrected chi connectivity index (χ3v) is 4.28. The van der Waals surface area contributed by atoms with Crippen molar-refractivity contribution < 1.29 is 5.11 Å². The van der Waals surface area contributed by atoms with Crippen molar-refractivity contribution in [3.63, 3.8) is 0 Å². The number of hydrogen-bond donors (Lipinski definition) is 1. The summed E-state index contributed by atoms with van der Waals surface area (Å²) in [6, 6.07) is 14.9. The van der Waals surface area contributed by atoms with E-state index in [9.17, 15) is 5.11 Å². The predicted octanol–water partition coefficient (Wildman–Crippen LogP) is 4.73. The van der Waals surface area contributed by atoms with Gasteiger partial charge in [-0.25, -0.2) is 0 Å². The maximum Gasteiger partial charge on any atom is 0.108 e. The van der Waals surface area contributed by atoms with E-state index in [1.54, 1.807) is 12.3 Å². The lowest BCUT2D eigenvalue weighted by Gasteiger charge is -2.15. The second-order valence-corrected chi connectivity index (χ2v) is 5.72. The fraction of sp³-hybridized carbons (Fsp3) is 0.0625. The van der Waals surface area contributed by atoms with E-state index in [1.807, 2.05) is 42.5 Å². The molecule has 1 unspecified atom stereocenters. The molecular formula is C16H11BrClNO. The molecule has 0 spiro atoms. The minimum atomic E-state index is -0.797. The van der Waals surface area contributed by atoms with Gasteiger partial charge in [-0.2, -0.15) is 0 Å². The molecule has 4 heteroatoms. The third-order valence-electron chi connectivity index (χ3n) is 3.24. The Morgan fingerprint density at radius 3 is 2.60 bits per heavy atom. The first-order chi connectivity index (χ1) is 9.68. The van der Waals surface area contributed by atoms with Gasteiger partial charge in [0.25, 0.3) is 0 Å². The summed E-state index contributed by atoms with van der Waals surface area (Å²) in [7, 11) is 0. The van der Waals surface area contributed by atoms with Gasteiger partial charge < -0.3 is 5.11 Å². The molecule has 3 rings (SSSR count). The van der Waals surface area contributed by atoms with E-state index in [1.165, 1.54) is 0 Å². The fourth-order valence-corrected chi connectivity index (χ4v) is 2.94. The van der Waals surface area contributed by atoms with Crippen LogP contribution >= 0.6 is 27.5 Å². The Balaban J connectivity index is 2.20. The molecule has 1 N–H and O–H groups in total. The average molecular weight is 349 g/mol.